The summed E-state index contributed by atoms with van der Waals surface area (Å²) in [6.45, 7) is 3.33. The second kappa shape index (κ2) is 3.83. The van der Waals surface area contributed by atoms with Gasteiger partial charge < -0.3 is 5.32 Å². The molecule has 0 bridgehead atoms. The monoisotopic (exact) mass is 185 g/mol. The number of nitrogens with one attached hydrogen (secondary N) is 1. The first-order chi connectivity index (χ1) is 6.06. The summed E-state index contributed by atoms with van der Waals surface area (Å²) in [6, 6.07) is 2.29. The first-order valence-electron chi connectivity index (χ1n) is 4.19. The summed E-state index contributed by atoms with van der Waals surface area (Å²) in [7, 11) is 1.71. The van der Waals surface area contributed by atoms with Crippen LogP contribution in [0, 0.1) is 18.6 Å². The number of rotatable bonds is 2. The van der Waals surface area contributed by atoms with E-state index in [2.05, 4.69) is 5.32 Å². The third kappa shape index (κ3) is 2.04. The molecule has 0 radical (unpaired) electrons. The molecule has 72 valence electrons. The molecule has 0 aliphatic carbocycles. The maximum atomic E-state index is 13.3. The molecular formula is C10H13F2N. The molecule has 1 atom stereocenters. The molecule has 1 aromatic rings. The largest absolute Gasteiger partial charge is 0.313 e. The van der Waals surface area contributed by atoms with E-state index in [0.29, 0.717) is 11.1 Å². The minimum Gasteiger partial charge on any atom is -0.313 e. The second-order valence-electron chi connectivity index (χ2n) is 3.13. The van der Waals surface area contributed by atoms with E-state index in [1.807, 2.05) is 0 Å². The van der Waals surface area contributed by atoms with Gasteiger partial charge in [0.2, 0.25) is 0 Å². The van der Waals surface area contributed by atoms with Crippen LogP contribution in [0.5, 0.6) is 0 Å². The molecule has 0 heterocycles. The van der Waals surface area contributed by atoms with Gasteiger partial charge in [0.25, 0.3) is 0 Å². The molecule has 1 rings (SSSR count). The van der Waals surface area contributed by atoms with E-state index in [1.54, 1.807) is 20.9 Å². The number of hydrogen-bond acceptors (Lipinski definition) is 1. The maximum Gasteiger partial charge on any atom is 0.128 e. The molecule has 3 heteroatoms. The molecule has 0 amide bonds. The summed E-state index contributed by atoms with van der Waals surface area (Å²) in [5, 5.41) is 2.86. The van der Waals surface area contributed by atoms with Crippen molar-refractivity contribution in [2.75, 3.05) is 7.05 Å². The summed E-state index contributed by atoms with van der Waals surface area (Å²) < 4.78 is 26.3. The lowest BCUT2D eigenvalue weighted by atomic mass is 10.1. The van der Waals surface area contributed by atoms with E-state index >= 15 is 0 Å². The van der Waals surface area contributed by atoms with Crippen molar-refractivity contribution in [2.45, 2.75) is 19.9 Å². The van der Waals surface area contributed by atoms with Gasteiger partial charge in [0.1, 0.15) is 11.6 Å². The Kier molecular flexibility index (Phi) is 2.98. The third-order valence-corrected chi connectivity index (χ3v) is 2.18. The fourth-order valence-electron chi connectivity index (χ4n) is 1.15. The van der Waals surface area contributed by atoms with Gasteiger partial charge >= 0.3 is 0 Å². The summed E-state index contributed by atoms with van der Waals surface area (Å²) in [4.78, 5) is 0. The van der Waals surface area contributed by atoms with E-state index in [4.69, 9.17) is 0 Å². The first kappa shape index (κ1) is 10.1. The Morgan fingerprint density at radius 2 is 1.85 bits per heavy atom. The van der Waals surface area contributed by atoms with Crippen LogP contribution in [0.4, 0.5) is 8.78 Å². The standard InChI is InChI=1S/C10H13F2N/c1-6-4-10(12)8(5-9(6)11)7(2)13-3/h4-5,7,13H,1-3H3. The molecule has 1 N–H and O–H groups in total. The number of halogens is 2. The predicted molar refractivity (Wildman–Crippen MR) is 48.6 cm³/mol. The predicted octanol–water partition coefficient (Wildman–Crippen LogP) is 2.55. The van der Waals surface area contributed by atoms with Crippen LogP contribution < -0.4 is 5.32 Å². The molecular weight excluding hydrogens is 172 g/mol. The zero-order valence-corrected chi connectivity index (χ0v) is 7.99. The summed E-state index contributed by atoms with van der Waals surface area (Å²) >= 11 is 0. The normalized spacial score (nSPS) is 13.0. The molecule has 0 saturated heterocycles. The lowest BCUT2D eigenvalue weighted by Crippen LogP contribution is -2.14. The molecule has 0 aliphatic rings. The topological polar surface area (TPSA) is 12.0 Å². The highest BCUT2D eigenvalue weighted by molar-refractivity contribution is 5.27. The first-order valence-corrected chi connectivity index (χ1v) is 4.19. The highest BCUT2D eigenvalue weighted by Gasteiger charge is 2.11. The van der Waals surface area contributed by atoms with Crippen LogP contribution >= 0.6 is 0 Å². The van der Waals surface area contributed by atoms with Gasteiger partial charge in [0.05, 0.1) is 0 Å². The summed E-state index contributed by atoms with van der Waals surface area (Å²) in [5.74, 6) is -0.723. The molecule has 13 heavy (non-hydrogen) atoms. The molecule has 1 nitrogen and oxygen atoms in total. The minimum atomic E-state index is -0.362. The van der Waals surface area contributed by atoms with Crippen molar-refractivity contribution in [1.82, 2.24) is 5.32 Å². The van der Waals surface area contributed by atoms with Crippen molar-refractivity contribution in [1.29, 1.82) is 0 Å². The van der Waals surface area contributed by atoms with Gasteiger partial charge in [-0.05, 0) is 38.6 Å². The zero-order valence-electron chi connectivity index (χ0n) is 7.99. The van der Waals surface area contributed by atoms with Crippen LogP contribution in [0.25, 0.3) is 0 Å². The zero-order chi connectivity index (χ0) is 10.0. The van der Waals surface area contributed by atoms with Crippen molar-refractivity contribution in [3.05, 3.63) is 34.9 Å². The average molecular weight is 185 g/mol. The maximum absolute atomic E-state index is 13.3. The summed E-state index contributed by atoms with van der Waals surface area (Å²) in [6.07, 6.45) is 0. The van der Waals surface area contributed by atoms with Crippen LogP contribution in [0.3, 0.4) is 0 Å². The molecule has 0 aliphatic heterocycles. The van der Waals surface area contributed by atoms with E-state index in [-0.39, 0.29) is 17.7 Å². The number of hydrogen-bond donors (Lipinski definition) is 1. The van der Waals surface area contributed by atoms with E-state index < -0.39 is 0 Å². The van der Waals surface area contributed by atoms with Crippen LogP contribution in [0.15, 0.2) is 12.1 Å². The van der Waals surface area contributed by atoms with E-state index in [1.165, 1.54) is 12.1 Å². The highest BCUT2D eigenvalue weighted by Crippen LogP contribution is 2.19. The van der Waals surface area contributed by atoms with Crippen molar-refractivity contribution < 1.29 is 8.78 Å². The molecule has 1 aromatic carbocycles. The third-order valence-electron chi connectivity index (χ3n) is 2.18. The van der Waals surface area contributed by atoms with Gasteiger partial charge in [-0.1, -0.05) is 0 Å². The number of aryl methyl sites for hydroxylation is 1. The van der Waals surface area contributed by atoms with Crippen LogP contribution in [0.2, 0.25) is 0 Å². The van der Waals surface area contributed by atoms with Gasteiger partial charge in [-0.25, -0.2) is 8.78 Å². The SMILES string of the molecule is CNC(C)c1cc(F)c(C)cc1F. The van der Waals surface area contributed by atoms with Crippen molar-refractivity contribution in [3.8, 4) is 0 Å². The molecule has 0 fully saturated rings. The van der Waals surface area contributed by atoms with Gasteiger partial charge in [-0.2, -0.15) is 0 Å². The van der Waals surface area contributed by atoms with Gasteiger partial charge in [-0.3, -0.25) is 0 Å². The molecule has 0 saturated carbocycles. The fourth-order valence-corrected chi connectivity index (χ4v) is 1.15. The van der Waals surface area contributed by atoms with Crippen LogP contribution in [-0.2, 0) is 0 Å². The quantitative estimate of drug-likeness (QED) is 0.746. The smallest absolute Gasteiger partial charge is 0.128 e. The fraction of sp³-hybridized carbons (Fsp3) is 0.400. The highest BCUT2D eigenvalue weighted by atomic mass is 19.1. The van der Waals surface area contributed by atoms with E-state index in [9.17, 15) is 8.78 Å². The van der Waals surface area contributed by atoms with Crippen LogP contribution in [-0.4, -0.2) is 7.05 Å². The Morgan fingerprint density at radius 1 is 1.23 bits per heavy atom. The second-order valence-corrected chi connectivity index (χ2v) is 3.13. The minimum absolute atomic E-state index is 0.171. The Morgan fingerprint density at radius 3 is 2.38 bits per heavy atom. The van der Waals surface area contributed by atoms with Crippen molar-refractivity contribution >= 4 is 0 Å². The summed E-state index contributed by atoms with van der Waals surface area (Å²) in [5.41, 5.74) is 0.704. The Bertz CT molecular complexity index is 310. The van der Waals surface area contributed by atoms with Crippen molar-refractivity contribution in [2.24, 2.45) is 0 Å². The molecule has 1 unspecified atom stereocenters. The Hall–Kier alpha value is -0.960. The lowest BCUT2D eigenvalue weighted by Gasteiger charge is -2.12. The van der Waals surface area contributed by atoms with Gasteiger partial charge in [0.15, 0.2) is 0 Å². The van der Waals surface area contributed by atoms with Crippen LogP contribution in [0.1, 0.15) is 24.1 Å². The Balaban J connectivity index is 3.15. The Labute approximate surface area is 76.8 Å². The number of benzene rings is 1. The molecule has 0 spiro atoms. The molecule has 0 aromatic heterocycles. The van der Waals surface area contributed by atoms with E-state index in [0.717, 1.165) is 0 Å². The lowest BCUT2D eigenvalue weighted by molar-refractivity contribution is 0.542. The van der Waals surface area contributed by atoms with Crippen molar-refractivity contribution in [3.63, 3.8) is 0 Å². The van der Waals surface area contributed by atoms with Gasteiger partial charge in [-0.15, -0.1) is 0 Å². The van der Waals surface area contributed by atoms with Gasteiger partial charge in [0, 0.05) is 11.6 Å². The average Bonchev–Trinajstić information content (AvgIpc) is 2.10.